The fourth-order valence-electron chi connectivity index (χ4n) is 1.72. The lowest BCUT2D eigenvalue weighted by molar-refractivity contribution is 0.0889. The summed E-state index contributed by atoms with van der Waals surface area (Å²) in [6.07, 6.45) is 0.664. The highest BCUT2D eigenvalue weighted by Crippen LogP contribution is 2.30. The van der Waals surface area contributed by atoms with Crippen molar-refractivity contribution >= 4 is 48.7 Å². The molecule has 2 rings (SSSR count). The number of carbonyl (C=O) groups is 1. The van der Waals surface area contributed by atoms with Gasteiger partial charge in [0.1, 0.15) is 5.58 Å². The number of hydrogen-bond acceptors (Lipinski definition) is 3. The largest absolute Gasteiger partial charge is 0.450 e. The molecule has 2 N–H and O–H groups in total. The van der Waals surface area contributed by atoms with E-state index >= 15 is 0 Å². The van der Waals surface area contributed by atoms with Crippen LogP contribution in [0.2, 0.25) is 0 Å². The van der Waals surface area contributed by atoms with Crippen molar-refractivity contribution in [3.8, 4) is 0 Å². The number of carbonyl (C=O) groups excluding carboxylic acids is 1. The van der Waals surface area contributed by atoms with Gasteiger partial charge in [0.25, 0.3) is 5.91 Å². The van der Waals surface area contributed by atoms with Crippen LogP contribution in [0.4, 0.5) is 0 Å². The van der Waals surface area contributed by atoms with Gasteiger partial charge >= 0.3 is 0 Å². The first-order valence-corrected chi connectivity index (χ1v) is 7.44. The van der Waals surface area contributed by atoms with E-state index in [1.165, 1.54) is 0 Å². The Morgan fingerprint density at radius 1 is 1.42 bits per heavy atom. The Bertz CT molecular complexity index is 605. The Balaban J connectivity index is 2.31. The van der Waals surface area contributed by atoms with Gasteiger partial charge in [-0.3, -0.25) is 4.79 Å². The Morgan fingerprint density at radius 2 is 2.16 bits per heavy atom. The first-order valence-electron chi connectivity index (χ1n) is 5.85. The first-order chi connectivity index (χ1) is 9.05. The monoisotopic (exact) mass is 389 g/mol. The molecule has 0 fully saturated rings. The minimum Gasteiger partial charge on any atom is -0.450 e. The van der Waals surface area contributed by atoms with Gasteiger partial charge in [-0.2, -0.15) is 0 Å². The van der Waals surface area contributed by atoms with Crippen molar-refractivity contribution in [2.45, 2.75) is 19.4 Å². The molecule has 0 aliphatic rings. The maximum atomic E-state index is 12.0. The van der Waals surface area contributed by atoms with Crippen LogP contribution >= 0.6 is 31.9 Å². The zero-order valence-electron chi connectivity index (χ0n) is 10.2. The van der Waals surface area contributed by atoms with Crippen molar-refractivity contribution in [2.75, 3.05) is 6.61 Å². The van der Waals surface area contributed by atoms with Gasteiger partial charge in [-0.15, -0.1) is 0 Å². The van der Waals surface area contributed by atoms with Crippen LogP contribution < -0.4 is 5.32 Å². The summed E-state index contributed by atoms with van der Waals surface area (Å²) in [5.74, 6) is -0.0826. The Kier molecular flexibility index (Phi) is 4.65. The van der Waals surface area contributed by atoms with E-state index in [1.54, 1.807) is 6.07 Å². The van der Waals surface area contributed by atoms with Crippen LogP contribution in [0.1, 0.15) is 23.9 Å². The Hall–Kier alpha value is -0.850. The molecule has 1 aromatic carbocycles. The molecule has 1 atom stereocenters. The van der Waals surface area contributed by atoms with Crippen LogP contribution in [0.3, 0.4) is 0 Å². The van der Waals surface area contributed by atoms with Gasteiger partial charge in [0, 0.05) is 9.86 Å². The number of aliphatic hydroxyl groups is 1. The molecule has 0 unspecified atom stereocenters. The van der Waals surface area contributed by atoms with Crippen molar-refractivity contribution in [3.63, 3.8) is 0 Å². The fourth-order valence-corrected chi connectivity index (χ4v) is 3.06. The summed E-state index contributed by atoms with van der Waals surface area (Å²) >= 11 is 6.78. The van der Waals surface area contributed by atoms with Crippen LogP contribution in [0.5, 0.6) is 0 Å². The van der Waals surface area contributed by atoms with Gasteiger partial charge in [-0.25, -0.2) is 0 Å². The van der Waals surface area contributed by atoms with Gasteiger partial charge in [0.2, 0.25) is 0 Å². The molecular weight excluding hydrogens is 378 g/mol. The van der Waals surface area contributed by atoms with Crippen molar-refractivity contribution in [3.05, 3.63) is 32.9 Å². The van der Waals surface area contributed by atoms with Gasteiger partial charge < -0.3 is 14.8 Å². The van der Waals surface area contributed by atoms with Crippen LogP contribution in [-0.4, -0.2) is 23.7 Å². The number of fused-ring (bicyclic) bond motifs is 1. The smallest absolute Gasteiger partial charge is 0.287 e. The van der Waals surface area contributed by atoms with E-state index in [0.717, 1.165) is 14.3 Å². The van der Waals surface area contributed by atoms with E-state index in [1.807, 2.05) is 19.1 Å². The molecule has 0 bridgehead atoms. The molecule has 0 aliphatic heterocycles. The van der Waals surface area contributed by atoms with Gasteiger partial charge in [0.15, 0.2) is 5.76 Å². The predicted octanol–water partition coefficient (Wildman–Crippen LogP) is 3.46. The molecule has 1 heterocycles. The molecule has 19 heavy (non-hydrogen) atoms. The SMILES string of the molecule is CC[C@H](CO)NC(=O)c1cc2cc(Br)cc(Br)c2o1. The molecule has 102 valence electrons. The zero-order valence-corrected chi connectivity index (χ0v) is 13.4. The highest BCUT2D eigenvalue weighted by Gasteiger charge is 2.17. The number of rotatable bonds is 4. The molecule has 0 radical (unpaired) electrons. The van der Waals surface area contributed by atoms with Crippen LogP contribution in [0, 0.1) is 0 Å². The average Bonchev–Trinajstić information content (AvgIpc) is 2.79. The van der Waals surface area contributed by atoms with Crippen LogP contribution in [0.25, 0.3) is 11.0 Å². The lowest BCUT2D eigenvalue weighted by Crippen LogP contribution is -2.36. The van der Waals surface area contributed by atoms with Gasteiger partial charge in [-0.05, 0) is 40.5 Å². The van der Waals surface area contributed by atoms with E-state index in [0.29, 0.717) is 12.0 Å². The molecule has 0 saturated heterocycles. The van der Waals surface area contributed by atoms with Crippen molar-refractivity contribution in [1.82, 2.24) is 5.32 Å². The molecule has 6 heteroatoms. The normalized spacial score (nSPS) is 12.6. The van der Waals surface area contributed by atoms with Crippen molar-refractivity contribution < 1.29 is 14.3 Å². The highest BCUT2D eigenvalue weighted by atomic mass is 79.9. The number of nitrogens with one attached hydrogen (secondary N) is 1. The number of amides is 1. The second kappa shape index (κ2) is 6.07. The summed E-state index contributed by atoms with van der Waals surface area (Å²) in [6, 6.07) is 5.17. The zero-order chi connectivity index (χ0) is 14.0. The van der Waals surface area contributed by atoms with Crippen LogP contribution in [-0.2, 0) is 0 Å². The average molecular weight is 391 g/mol. The predicted molar refractivity (Wildman–Crippen MR) is 80.2 cm³/mol. The summed E-state index contributed by atoms with van der Waals surface area (Å²) in [5.41, 5.74) is 0.630. The topological polar surface area (TPSA) is 62.5 Å². The summed E-state index contributed by atoms with van der Waals surface area (Å²) in [6.45, 7) is 1.81. The molecule has 4 nitrogen and oxygen atoms in total. The van der Waals surface area contributed by atoms with Crippen LogP contribution in [0.15, 0.2) is 31.6 Å². The van der Waals surface area contributed by atoms with E-state index in [-0.39, 0.29) is 24.3 Å². The molecule has 2 aromatic rings. The minimum atomic E-state index is -0.319. The first kappa shape index (κ1) is 14.6. The van der Waals surface area contributed by atoms with E-state index < -0.39 is 0 Å². The van der Waals surface area contributed by atoms with E-state index in [4.69, 9.17) is 9.52 Å². The van der Waals surface area contributed by atoms with E-state index in [9.17, 15) is 4.79 Å². The third-order valence-electron chi connectivity index (χ3n) is 2.81. The number of hydrogen-bond donors (Lipinski definition) is 2. The molecule has 1 aromatic heterocycles. The van der Waals surface area contributed by atoms with Gasteiger partial charge in [0.05, 0.1) is 17.1 Å². The number of benzene rings is 1. The fraction of sp³-hybridized carbons (Fsp3) is 0.308. The molecule has 0 aliphatic carbocycles. The Labute approximate surface area is 127 Å². The number of aliphatic hydroxyl groups excluding tert-OH is 1. The molecule has 0 spiro atoms. The highest BCUT2D eigenvalue weighted by molar-refractivity contribution is 9.11. The molecule has 0 saturated carbocycles. The third-order valence-corrected chi connectivity index (χ3v) is 3.85. The second-order valence-corrected chi connectivity index (χ2v) is 5.95. The Morgan fingerprint density at radius 3 is 2.79 bits per heavy atom. The standard InChI is InChI=1S/C13H13Br2NO3/c1-2-9(6-17)16-13(18)11-4-7-3-8(14)5-10(15)12(7)19-11/h3-5,9,17H,2,6H2,1H3,(H,16,18)/t9-/m1/s1. The third kappa shape index (κ3) is 3.19. The number of furan rings is 1. The maximum Gasteiger partial charge on any atom is 0.287 e. The lowest BCUT2D eigenvalue weighted by atomic mass is 10.2. The molecule has 1 amide bonds. The van der Waals surface area contributed by atoms with Crippen molar-refractivity contribution in [1.29, 1.82) is 0 Å². The molecular formula is C13H13Br2NO3. The van der Waals surface area contributed by atoms with Crippen molar-refractivity contribution in [2.24, 2.45) is 0 Å². The van der Waals surface area contributed by atoms with Gasteiger partial charge in [-0.1, -0.05) is 22.9 Å². The quantitative estimate of drug-likeness (QED) is 0.840. The lowest BCUT2D eigenvalue weighted by Gasteiger charge is -2.12. The number of halogens is 2. The summed E-state index contributed by atoms with van der Waals surface area (Å²) in [7, 11) is 0. The second-order valence-electron chi connectivity index (χ2n) is 4.18. The summed E-state index contributed by atoms with van der Waals surface area (Å²) < 4.78 is 7.23. The maximum absolute atomic E-state index is 12.0. The van der Waals surface area contributed by atoms with E-state index in [2.05, 4.69) is 37.2 Å². The summed E-state index contributed by atoms with van der Waals surface area (Å²) in [4.78, 5) is 12.0. The minimum absolute atomic E-state index is 0.0856. The summed E-state index contributed by atoms with van der Waals surface area (Å²) in [5, 5.41) is 12.6.